The van der Waals surface area contributed by atoms with Crippen LogP contribution in [0.15, 0.2) is 0 Å². The maximum Gasteiger partial charge on any atom is 0.306 e. The van der Waals surface area contributed by atoms with E-state index in [0.717, 1.165) is 32.5 Å². The summed E-state index contributed by atoms with van der Waals surface area (Å²) in [5.74, 6) is 0.115. The van der Waals surface area contributed by atoms with E-state index in [9.17, 15) is 9.59 Å². The standard InChI is InChI=1S/C15H26O4/c1-15(2,3)14(17)12(10-13(16)18-4)9-11-5-7-19-8-6-11/h11-12H,5-10H2,1-4H3. The zero-order valence-electron chi connectivity index (χ0n) is 12.5. The Labute approximate surface area is 115 Å². The summed E-state index contributed by atoms with van der Waals surface area (Å²) in [6.07, 6.45) is 2.93. The van der Waals surface area contributed by atoms with E-state index in [1.807, 2.05) is 20.8 Å². The van der Waals surface area contributed by atoms with E-state index in [1.165, 1.54) is 7.11 Å². The first-order chi connectivity index (χ1) is 8.84. The Hall–Kier alpha value is -0.900. The first-order valence-corrected chi connectivity index (χ1v) is 7.03. The van der Waals surface area contributed by atoms with Crippen LogP contribution in [0.25, 0.3) is 0 Å². The van der Waals surface area contributed by atoms with Crippen LogP contribution in [0, 0.1) is 17.3 Å². The van der Waals surface area contributed by atoms with Gasteiger partial charge in [-0.3, -0.25) is 9.59 Å². The minimum absolute atomic E-state index is 0.157. The monoisotopic (exact) mass is 270 g/mol. The maximum atomic E-state index is 12.5. The maximum absolute atomic E-state index is 12.5. The largest absolute Gasteiger partial charge is 0.469 e. The molecule has 110 valence electrons. The number of ether oxygens (including phenoxy) is 2. The van der Waals surface area contributed by atoms with Crippen LogP contribution in [0.4, 0.5) is 0 Å². The van der Waals surface area contributed by atoms with Gasteiger partial charge in [0.05, 0.1) is 13.5 Å². The summed E-state index contributed by atoms with van der Waals surface area (Å²) >= 11 is 0. The zero-order valence-corrected chi connectivity index (χ0v) is 12.5. The van der Waals surface area contributed by atoms with Crippen LogP contribution in [-0.2, 0) is 19.1 Å². The van der Waals surface area contributed by atoms with E-state index >= 15 is 0 Å². The van der Waals surface area contributed by atoms with Crippen molar-refractivity contribution in [3.05, 3.63) is 0 Å². The van der Waals surface area contributed by atoms with Gasteiger partial charge in [0.2, 0.25) is 0 Å². The van der Waals surface area contributed by atoms with Crippen LogP contribution in [0.1, 0.15) is 46.5 Å². The fraction of sp³-hybridized carbons (Fsp3) is 0.867. The van der Waals surface area contributed by atoms with Gasteiger partial charge in [-0.15, -0.1) is 0 Å². The Morgan fingerprint density at radius 2 is 1.84 bits per heavy atom. The number of carbonyl (C=O) groups excluding carboxylic acids is 2. The second-order valence-corrected chi connectivity index (χ2v) is 6.38. The lowest BCUT2D eigenvalue weighted by Gasteiger charge is -2.29. The van der Waals surface area contributed by atoms with Gasteiger partial charge < -0.3 is 9.47 Å². The molecule has 0 spiro atoms. The quantitative estimate of drug-likeness (QED) is 0.721. The number of esters is 1. The van der Waals surface area contributed by atoms with Gasteiger partial charge in [0, 0.05) is 24.5 Å². The summed E-state index contributed by atoms with van der Waals surface area (Å²) in [4.78, 5) is 23.9. The zero-order chi connectivity index (χ0) is 14.5. The van der Waals surface area contributed by atoms with Gasteiger partial charge in [-0.05, 0) is 25.2 Å². The highest BCUT2D eigenvalue weighted by Crippen LogP contribution is 2.30. The summed E-state index contributed by atoms with van der Waals surface area (Å²) in [5, 5.41) is 0. The van der Waals surface area contributed by atoms with Crippen molar-refractivity contribution in [3.63, 3.8) is 0 Å². The minimum Gasteiger partial charge on any atom is -0.469 e. The fourth-order valence-electron chi connectivity index (χ4n) is 2.56. The molecule has 1 saturated heterocycles. The lowest BCUT2D eigenvalue weighted by Crippen LogP contribution is -2.32. The fourth-order valence-corrected chi connectivity index (χ4v) is 2.56. The van der Waals surface area contributed by atoms with E-state index in [-0.39, 0.29) is 24.1 Å². The second-order valence-electron chi connectivity index (χ2n) is 6.38. The number of Topliss-reactive ketones (excluding diaryl/α,β-unsaturated/α-hetero) is 1. The molecule has 1 atom stereocenters. The number of hydrogen-bond acceptors (Lipinski definition) is 4. The van der Waals surface area contributed by atoms with Crippen LogP contribution < -0.4 is 0 Å². The van der Waals surface area contributed by atoms with Gasteiger partial charge in [0.25, 0.3) is 0 Å². The summed E-state index contributed by atoms with van der Waals surface area (Å²) in [6, 6.07) is 0. The van der Waals surface area contributed by atoms with Gasteiger partial charge in [0.15, 0.2) is 0 Å². The SMILES string of the molecule is COC(=O)CC(CC1CCOCC1)C(=O)C(C)(C)C. The normalized spacial score (nSPS) is 18.9. The Balaban J connectivity index is 2.67. The minimum atomic E-state index is -0.413. The molecular weight excluding hydrogens is 244 g/mol. The van der Waals surface area contributed by atoms with Crippen LogP contribution in [0.2, 0.25) is 0 Å². The molecule has 1 aliphatic heterocycles. The molecule has 0 radical (unpaired) electrons. The van der Waals surface area contributed by atoms with Crippen LogP contribution in [0.3, 0.4) is 0 Å². The van der Waals surface area contributed by atoms with Gasteiger partial charge >= 0.3 is 5.97 Å². The molecule has 19 heavy (non-hydrogen) atoms. The highest BCUT2D eigenvalue weighted by atomic mass is 16.5. The van der Waals surface area contributed by atoms with Crippen molar-refractivity contribution in [2.45, 2.75) is 46.5 Å². The van der Waals surface area contributed by atoms with Crippen molar-refractivity contribution in [2.24, 2.45) is 17.3 Å². The van der Waals surface area contributed by atoms with Crippen LogP contribution in [-0.4, -0.2) is 32.1 Å². The molecule has 0 bridgehead atoms. The highest BCUT2D eigenvalue weighted by Gasteiger charge is 2.33. The van der Waals surface area contributed by atoms with Gasteiger partial charge in [-0.25, -0.2) is 0 Å². The topological polar surface area (TPSA) is 52.6 Å². The summed E-state index contributed by atoms with van der Waals surface area (Å²) in [6.45, 7) is 7.25. The van der Waals surface area contributed by atoms with E-state index in [0.29, 0.717) is 5.92 Å². The van der Waals surface area contributed by atoms with Gasteiger partial charge in [0.1, 0.15) is 5.78 Å². The van der Waals surface area contributed by atoms with Crippen molar-refractivity contribution in [2.75, 3.05) is 20.3 Å². The van der Waals surface area contributed by atoms with Gasteiger partial charge in [-0.2, -0.15) is 0 Å². The third-order valence-electron chi connectivity index (χ3n) is 3.71. The van der Waals surface area contributed by atoms with Crippen molar-refractivity contribution in [1.82, 2.24) is 0 Å². The van der Waals surface area contributed by atoms with Gasteiger partial charge in [-0.1, -0.05) is 20.8 Å². The molecule has 1 heterocycles. The first kappa shape index (κ1) is 16.2. The number of ketones is 1. The molecule has 0 N–H and O–H groups in total. The summed E-state index contributed by atoms with van der Waals surface area (Å²) in [7, 11) is 1.37. The molecule has 0 aromatic carbocycles. The molecule has 1 unspecified atom stereocenters. The molecule has 1 fully saturated rings. The second kappa shape index (κ2) is 7.04. The molecule has 4 heteroatoms. The summed E-state index contributed by atoms with van der Waals surface area (Å²) in [5.41, 5.74) is -0.413. The van der Waals surface area contributed by atoms with Crippen molar-refractivity contribution in [1.29, 1.82) is 0 Å². The number of carbonyl (C=O) groups is 2. The van der Waals surface area contributed by atoms with E-state index < -0.39 is 5.41 Å². The molecule has 0 amide bonds. The predicted molar refractivity (Wildman–Crippen MR) is 72.7 cm³/mol. The molecule has 1 aliphatic rings. The number of rotatable bonds is 5. The molecule has 1 rings (SSSR count). The molecule has 0 aliphatic carbocycles. The van der Waals surface area contributed by atoms with Crippen molar-refractivity contribution >= 4 is 11.8 Å². The number of hydrogen-bond donors (Lipinski definition) is 0. The highest BCUT2D eigenvalue weighted by molar-refractivity contribution is 5.89. The third-order valence-corrected chi connectivity index (χ3v) is 3.71. The van der Waals surface area contributed by atoms with E-state index in [1.54, 1.807) is 0 Å². The Kier molecular flexibility index (Phi) is 5.98. The molecular formula is C15H26O4. The Bertz CT molecular complexity index is 311. The molecule has 0 aromatic heterocycles. The molecule has 0 saturated carbocycles. The van der Waals surface area contributed by atoms with Crippen molar-refractivity contribution in [3.8, 4) is 0 Å². The molecule has 4 nitrogen and oxygen atoms in total. The summed E-state index contributed by atoms with van der Waals surface area (Å²) < 4.78 is 10.1. The first-order valence-electron chi connectivity index (χ1n) is 7.03. The average Bonchev–Trinajstić information content (AvgIpc) is 2.37. The molecule has 0 aromatic rings. The number of methoxy groups -OCH3 is 1. The predicted octanol–water partition coefficient (Wildman–Crippen LogP) is 2.60. The van der Waals surface area contributed by atoms with Crippen molar-refractivity contribution < 1.29 is 19.1 Å². The Morgan fingerprint density at radius 1 is 1.26 bits per heavy atom. The average molecular weight is 270 g/mol. The third kappa shape index (κ3) is 5.31. The van der Waals surface area contributed by atoms with Crippen LogP contribution in [0.5, 0.6) is 0 Å². The van der Waals surface area contributed by atoms with E-state index in [2.05, 4.69) is 0 Å². The van der Waals surface area contributed by atoms with Crippen LogP contribution >= 0.6 is 0 Å². The lowest BCUT2D eigenvalue weighted by atomic mass is 9.76. The smallest absolute Gasteiger partial charge is 0.306 e. The Morgan fingerprint density at radius 3 is 2.32 bits per heavy atom. The lowest BCUT2D eigenvalue weighted by molar-refractivity contribution is -0.145. The van der Waals surface area contributed by atoms with E-state index in [4.69, 9.17) is 9.47 Å².